The molecule has 3 nitrogen and oxygen atoms in total. The summed E-state index contributed by atoms with van der Waals surface area (Å²) in [6.07, 6.45) is 2.56. The van der Waals surface area contributed by atoms with Gasteiger partial charge in [0, 0.05) is 6.61 Å². The molecular formula is C14H22ClFN2O. The zero-order valence-corrected chi connectivity index (χ0v) is 12.2. The molecule has 0 aromatic heterocycles. The summed E-state index contributed by atoms with van der Waals surface area (Å²) in [4.78, 5) is 0. The lowest BCUT2D eigenvalue weighted by Gasteiger charge is -2.26. The van der Waals surface area contributed by atoms with Crippen molar-refractivity contribution in [3.63, 3.8) is 0 Å². The second kappa shape index (κ2) is 8.48. The highest BCUT2D eigenvalue weighted by Crippen LogP contribution is 2.18. The number of hydrazine groups is 1. The van der Waals surface area contributed by atoms with E-state index in [1.54, 1.807) is 6.07 Å². The quantitative estimate of drug-likeness (QED) is 0.571. The predicted octanol–water partition coefficient (Wildman–Crippen LogP) is 3.06. The monoisotopic (exact) mass is 288 g/mol. The van der Waals surface area contributed by atoms with E-state index < -0.39 is 5.82 Å². The molecule has 3 N–H and O–H groups in total. The molecule has 1 rings (SSSR count). The molecule has 0 spiro atoms. The summed E-state index contributed by atoms with van der Waals surface area (Å²) in [5.74, 6) is 5.20. The van der Waals surface area contributed by atoms with E-state index in [2.05, 4.69) is 12.3 Å². The Labute approximate surface area is 119 Å². The lowest BCUT2D eigenvalue weighted by molar-refractivity contribution is 0.0281. The molecule has 0 aliphatic carbocycles. The normalized spacial score (nSPS) is 14.4. The molecule has 1 aromatic rings. The zero-order chi connectivity index (χ0) is 14.3. The Bertz CT molecular complexity index is 384. The molecular weight excluding hydrogens is 267 g/mol. The van der Waals surface area contributed by atoms with Crippen LogP contribution in [-0.4, -0.2) is 18.8 Å². The van der Waals surface area contributed by atoms with Crippen LogP contribution in [0.15, 0.2) is 18.2 Å². The van der Waals surface area contributed by atoms with E-state index in [1.165, 1.54) is 6.07 Å². The highest BCUT2D eigenvalue weighted by atomic mass is 35.5. The first-order valence-corrected chi connectivity index (χ1v) is 7.01. The summed E-state index contributed by atoms with van der Waals surface area (Å²) in [6, 6.07) is 4.78. The molecule has 5 heteroatoms. The average molecular weight is 289 g/mol. The Morgan fingerprint density at radius 3 is 2.68 bits per heavy atom. The average Bonchev–Trinajstić information content (AvgIpc) is 2.40. The largest absolute Gasteiger partial charge is 0.377 e. The standard InChI is InChI=1S/C14H22ClFN2O/c1-3-5-14(19-4-2)13(18-17)9-10-6-7-11(15)12(16)8-10/h6-8,13-14,18H,3-5,9,17H2,1-2H3. The number of halogens is 2. The SMILES string of the molecule is CCCC(OCC)C(Cc1ccc(Cl)c(F)c1)NN. The van der Waals surface area contributed by atoms with E-state index in [4.69, 9.17) is 22.2 Å². The minimum Gasteiger partial charge on any atom is -0.377 e. The van der Waals surface area contributed by atoms with E-state index >= 15 is 0 Å². The van der Waals surface area contributed by atoms with Crippen molar-refractivity contribution in [2.24, 2.45) is 5.84 Å². The maximum Gasteiger partial charge on any atom is 0.142 e. The van der Waals surface area contributed by atoms with Gasteiger partial charge in [-0.15, -0.1) is 0 Å². The highest BCUT2D eigenvalue weighted by Gasteiger charge is 2.20. The van der Waals surface area contributed by atoms with Crippen LogP contribution in [0.1, 0.15) is 32.3 Å². The number of nitrogens with one attached hydrogen (secondary N) is 1. The zero-order valence-electron chi connectivity index (χ0n) is 11.5. The number of ether oxygens (including phenoxy) is 1. The van der Waals surface area contributed by atoms with Crippen LogP contribution in [0.4, 0.5) is 4.39 Å². The molecule has 108 valence electrons. The van der Waals surface area contributed by atoms with Gasteiger partial charge in [0.05, 0.1) is 17.2 Å². The van der Waals surface area contributed by atoms with Crippen molar-refractivity contribution in [3.05, 3.63) is 34.6 Å². The van der Waals surface area contributed by atoms with Gasteiger partial charge in [0.15, 0.2) is 0 Å². The maximum absolute atomic E-state index is 13.4. The van der Waals surface area contributed by atoms with Crippen LogP contribution in [0.3, 0.4) is 0 Å². The van der Waals surface area contributed by atoms with E-state index in [0.29, 0.717) is 13.0 Å². The molecule has 2 unspecified atom stereocenters. The van der Waals surface area contributed by atoms with E-state index in [0.717, 1.165) is 18.4 Å². The lowest BCUT2D eigenvalue weighted by Crippen LogP contribution is -2.46. The van der Waals surface area contributed by atoms with Gasteiger partial charge >= 0.3 is 0 Å². The van der Waals surface area contributed by atoms with Crippen molar-refractivity contribution in [2.75, 3.05) is 6.61 Å². The summed E-state index contributed by atoms with van der Waals surface area (Å²) in [6.45, 7) is 4.69. The van der Waals surface area contributed by atoms with Crippen LogP contribution in [0.2, 0.25) is 5.02 Å². The van der Waals surface area contributed by atoms with Crippen molar-refractivity contribution < 1.29 is 9.13 Å². The van der Waals surface area contributed by atoms with Gasteiger partial charge in [-0.3, -0.25) is 11.3 Å². The molecule has 0 saturated carbocycles. The lowest BCUT2D eigenvalue weighted by atomic mass is 9.98. The minimum absolute atomic E-state index is 0.0266. The van der Waals surface area contributed by atoms with Crippen molar-refractivity contribution in [1.82, 2.24) is 5.43 Å². The molecule has 0 heterocycles. The van der Waals surface area contributed by atoms with E-state index in [1.807, 2.05) is 13.0 Å². The molecule has 0 amide bonds. The van der Waals surface area contributed by atoms with Crippen LogP contribution in [-0.2, 0) is 11.2 Å². The third kappa shape index (κ3) is 5.07. The van der Waals surface area contributed by atoms with E-state index in [-0.39, 0.29) is 17.2 Å². The molecule has 19 heavy (non-hydrogen) atoms. The van der Waals surface area contributed by atoms with Crippen molar-refractivity contribution in [3.8, 4) is 0 Å². The first-order chi connectivity index (χ1) is 9.12. The predicted molar refractivity (Wildman–Crippen MR) is 76.5 cm³/mol. The first-order valence-electron chi connectivity index (χ1n) is 6.64. The molecule has 0 saturated heterocycles. The Balaban J connectivity index is 2.75. The Hall–Kier alpha value is -0.680. The van der Waals surface area contributed by atoms with Gasteiger partial charge < -0.3 is 4.74 Å². The van der Waals surface area contributed by atoms with Crippen molar-refractivity contribution in [2.45, 2.75) is 45.3 Å². The Morgan fingerprint density at radius 2 is 2.16 bits per heavy atom. The van der Waals surface area contributed by atoms with Gasteiger partial charge in [0.25, 0.3) is 0 Å². The molecule has 0 aliphatic heterocycles. The molecule has 0 bridgehead atoms. The van der Waals surface area contributed by atoms with Crippen LogP contribution in [0, 0.1) is 5.82 Å². The third-order valence-electron chi connectivity index (χ3n) is 3.06. The number of benzene rings is 1. The van der Waals surface area contributed by atoms with Crippen LogP contribution in [0.5, 0.6) is 0 Å². The maximum atomic E-state index is 13.4. The summed E-state index contributed by atoms with van der Waals surface area (Å²) in [5.41, 5.74) is 3.63. The van der Waals surface area contributed by atoms with Gasteiger partial charge in [0.2, 0.25) is 0 Å². The van der Waals surface area contributed by atoms with Gasteiger partial charge in [-0.2, -0.15) is 0 Å². The van der Waals surface area contributed by atoms with Crippen LogP contribution < -0.4 is 11.3 Å². The summed E-state index contributed by atoms with van der Waals surface area (Å²) < 4.78 is 19.1. The number of hydrogen-bond donors (Lipinski definition) is 2. The second-order valence-corrected chi connectivity index (χ2v) is 4.92. The number of nitrogens with two attached hydrogens (primary N) is 1. The topological polar surface area (TPSA) is 47.3 Å². The summed E-state index contributed by atoms with van der Waals surface area (Å²) in [7, 11) is 0. The highest BCUT2D eigenvalue weighted by molar-refractivity contribution is 6.30. The molecule has 0 radical (unpaired) electrons. The second-order valence-electron chi connectivity index (χ2n) is 4.51. The summed E-state index contributed by atoms with van der Waals surface area (Å²) in [5, 5.41) is 0.135. The van der Waals surface area contributed by atoms with Crippen LogP contribution >= 0.6 is 11.6 Å². The van der Waals surface area contributed by atoms with Gasteiger partial charge in [0.1, 0.15) is 5.82 Å². The molecule has 2 atom stereocenters. The van der Waals surface area contributed by atoms with E-state index in [9.17, 15) is 4.39 Å². The van der Waals surface area contributed by atoms with Crippen molar-refractivity contribution in [1.29, 1.82) is 0 Å². The molecule has 1 aromatic carbocycles. The van der Waals surface area contributed by atoms with Gasteiger partial charge in [-0.05, 0) is 37.5 Å². The smallest absolute Gasteiger partial charge is 0.142 e. The fourth-order valence-corrected chi connectivity index (χ4v) is 2.24. The minimum atomic E-state index is -0.404. The molecule has 0 fully saturated rings. The van der Waals surface area contributed by atoms with Crippen LogP contribution in [0.25, 0.3) is 0 Å². The molecule has 0 aliphatic rings. The van der Waals surface area contributed by atoms with Gasteiger partial charge in [-0.25, -0.2) is 4.39 Å². The fraction of sp³-hybridized carbons (Fsp3) is 0.571. The van der Waals surface area contributed by atoms with Crippen molar-refractivity contribution >= 4 is 11.6 Å². The third-order valence-corrected chi connectivity index (χ3v) is 3.36. The number of hydrogen-bond acceptors (Lipinski definition) is 3. The Kier molecular flexibility index (Phi) is 7.31. The number of rotatable bonds is 8. The Morgan fingerprint density at radius 1 is 1.42 bits per heavy atom. The first kappa shape index (κ1) is 16.4. The summed E-state index contributed by atoms with van der Waals surface area (Å²) >= 11 is 5.67. The fourth-order valence-electron chi connectivity index (χ4n) is 2.12. The van der Waals surface area contributed by atoms with Gasteiger partial charge in [-0.1, -0.05) is 31.0 Å².